The molecule has 0 spiro atoms. The molecule has 0 saturated carbocycles. The maximum absolute atomic E-state index is 5.55. The lowest BCUT2D eigenvalue weighted by Crippen LogP contribution is -2.06. The molecular formula is C4H3BCl2N2. The summed E-state index contributed by atoms with van der Waals surface area (Å²) in [6.45, 7) is 0. The van der Waals surface area contributed by atoms with Crippen molar-refractivity contribution in [3.63, 3.8) is 0 Å². The normalized spacial score (nSPS) is 9.56. The molecule has 0 fully saturated rings. The van der Waals surface area contributed by atoms with Crippen LogP contribution in [0.3, 0.4) is 0 Å². The Kier molecular flexibility index (Phi) is 1.93. The van der Waals surface area contributed by atoms with Gasteiger partial charge in [-0.2, -0.15) is 0 Å². The summed E-state index contributed by atoms with van der Waals surface area (Å²) >= 11 is 11.0. The van der Waals surface area contributed by atoms with Gasteiger partial charge in [0.15, 0.2) is 5.15 Å². The van der Waals surface area contributed by atoms with E-state index in [9.17, 15) is 0 Å². The monoisotopic (exact) mass is 160 g/mol. The SMILES string of the molecule is Bc1cc(Cl)nnc1Cl. The number of nitrogens with zero attached hydrogens (tertiary/aromatic N) is 2. The molecule has 1 aromatic rings. The summed E-state index contributed by atoms with van der Waals surface area (Å²) in [6.07, 6.45) is 0. The summed E-state index contributed by atoms with van der Waals surface area (Å²) in [6, 6.07) is 1.66. The zero-order chi connectivity index (χ0) is 6.85. The van der Waals surface area contributed by atoms with Gasteiger partial charge in [-0.15, -0.1) is 10.2 Å². The van der Waals surface area contributed by atoms with Crippen LogP contribution in [0.25, 0.3) is 0 Å². The van der Waals surface area contributed by atoms with E-state index < -0.39 is 0 Å². The van der Waals surface area contributed by atoms with Crippen LogP contribution in [0.5, 0.6) is 0 Å². The Morgan fingerprint density at radius 2 is 2.00 bits per heavy atom. The highest BCUT2D eigenvalue weighted by atomic mass is 35.5. The van der Waals surface area contributed by atoms with Crippen molar-refractivity contribution >= 4 is 36.5 Å². The maximum atomic E-state index is 5.55. The van der Waals surface area contributed by atoms with E-state index in [1.165, 1.54) is 0 Å². The van der Waals surface area contributed by atoms with Gasteiger partial charge in [0, 0.05) is 0 Å². The lowest BCUT2D eigenvalue weighted by molar-refractivity contribution is 1.04. The molecule has 5 heteroatoms. The molecule has 0 atom stereocenters. The van der Waals surface area contributed by atoms with Crippen LogP contribution in [-0.2, 0) is 0 Å². The molecule has 0 saturated heterocycles. The third kappa shape index (κ3) is 1.56. The minimum atomic E-state index is 0.372. The number of hydrogen-bond donors (Lipinski definition) is 0. The predicted octanol–water partition coefficient (Wildman–Crippen LogP) is 0.0418. The minimum absolute atomic E-state index is 0.372. The second kappa shape index (κ2) is 2.54. The van der Waals surface area contributed by atoms with Crippen LogP contribution >= 0.6 is 23.2 Å². The van der Waals surface area contributed by atoms with E-state index >= 15 is 0 Å². The van der Waals surface area contributed by atoms with Crippen molar-refractivity contribution in [2.45, 2.75) is 0 Å². The average Bonchev–Trinajstić information content (AvgIpc) is 1.80. The van der Waals surface area contributed by atoms with Crippen molar-refractivity contribution in [1.82, 2.24) is 10.2 Å². The van der Waals surface area contributed by atoms with Gasteiger partial charge in [-0.25, -0.2) is 0 Å². The quantitative estimate of drug-likeness (QED) is 0.502. The van der Waals surface area contributed by atoms with Gasteiger partial charge < -0.3 is 0 Å². The predicted molar refractivity (Wildman–Crippen MR) is 40.2 cm³/mol. The maximum Gasteiger partial charge on any atom is 0.151 e. The molecule has 1 aromatic heterocycles. The van der Waals surface area contributed by atoms with Crippen molar-refractivity contribution in [1.29, 1.82) is 0 Å². The van der Waals surface area contributed by atoms with E-state index in [0.717, 1.165) is 5.46 Å². The Morgan fingerprint density at radius 3 is 2.44 bits per heavy atom. The van der Waals surface area contributed by atoms with E-state index in [1.54, 1.807) is 6.07 Å². The second-order valence-electron chi connectivity index (χ2n) is 1.64. The second-order valence-corrected chi connectivity index (χ2v) is 2.39. The fourth-order valence-corrected chi connectivity index (χ4v) is 0.731. The average molecular weight is 161 g/mol. The molecule has 0 bridgehead atoms. The van der Waals surface area contributed by atoms with Gasteiger partial charge in [0.05, 0.1) is 0 Å². The van der Waals surface area contributed by atoms with Gasteiger partial charge in [-0.05, 0) is 11.5 Å². The summed E-state index contributed by atoms with van der Waals surface area (Å²) in [5.41, 5.74) is 0.844. The van der Waals surface area contributed by atoms with Crippen LogP contribution < -0.4 is 5.46 Å². The molecule has 0 unspecified atom stereocenters. The Labute approximate surface area is 63.6 Å². The highest BCUT2D eigenvalue weighted by Crippen LogP contribution is 2.02. The topological polar surface area (TPSA) is 25.8 Å². The van der Waals surface area contributed by atoms with Gasteiger partial charge in [-0.1, -0.05) is 23.2 Å². The zero-order valence-electron chi connectivity index (χ0n) is 4.73. The largest absolute Gasteiger partial charge is 0.151 e. The van der Waals surface area contributed by atoms with E-state index in [4.69, 9.17) is 23.2 Å². The lowest BCUT2D eigenvalue weighted by atomic mass is 10.00. The van der Waals surface area contributed by atoms with E-state index in [-0.39, 0.29) is 0 Å². The van der Waals surface area contributed by atoms with Crippen molar-refractivity contribution in [3.05, 3.63) is 16.4 Å². The first-order chi connectivity index (χ1) is 4.20. The molecule has 1 rings (SSSR count). The first-order valence-corrected chi connectivity index (χ1v) is 3.11. The Morgan fingerprint density at radius 1 is 1.33 bits per heavy atom. The van der Waals surface area contributed by atoms with Crippen LogP contribution in [0.4, 0.5) is 0 Å². The summed E-state index contributed by atoms with van der Waals surface area (Å²) in [5, 5.41) is 7.86. The zero-order valence-corrected chi connectivity index (χ0v) is 6.24. The lowest BCUT2D eigenvalue weighted by Gasteiger charge is -1.92. The molecule has 0 aliphatic heterocycles. The molecule has 0 aliphatic rings. The molecule has 0 aromatic carbocycles. The smallest absolute Gasteiger partial charge is 0.138 e. The van der Waals surface area contributed by atoms with Gasteiger partial charge >= 0.3 is 0 Å². The summed E-state index contributed by atoms with van der Waals surface area (Å²) in [5.74, 6) is 0. The standard InChI is InChI=1S/C4H3BCl2N2/c5-2-1-3(6)8-9-4(2)7/h1H,5H2. The third-order valence-corrected chi connectivity index (χ3v) is 1.45. The van der Waals surface area contributed by atoms with Gasteiger partial charge in [0.1, 0.15) is 13.0 Å². The Balaban J connectivity index is 3.17. The van der Waals surface area contributed by atoms with Crippen LogP contribution in [0.1, 0.15) is 0 Å². The fourth-order valence-electron chi connectivity index (χ4n) is 0.438. The Hall–Kier alpha value is -0.275. The first kappa shape index (κ1) is 6.84. The van der Waals surface area contributed by atoms with Crippen molar-refractivity contribution < 1.29 is 0 Å². The molecule has 1 heterocycles. The fraction of sp³-hybridized carbons (Fsp3) is 0. The highest BCUT2D eigenvalue weighted by molar-refractivity contribution is 6.45. The van der Waals surface area contributed by atoms with E-state index in [2.05, 4.69) is 10.2 Å². The molecule has 46 valence electrons. The number of halogens is 2. The van der Waals surface area contributed by atoms with Gasteiger partial charge in [0.25, 0.3) is 0 Å². The Bertz CT molecular complexity index is 228. The van der Waals surface area contributed by atoms with Crippen molar-refractivity contribution in [2.24, 2.45) is 0 Å². The molecule has 2 nitrogen and oxygen atoms in total. The highest BCUT2D eigenvalue weighted by Gasteiger charge is 1.95. The van der Waals surface area contributed by atoms with Crippen LogP contribution in [0, 0.1) is 0 Å². The minimum Gasteiger partial charge on any atom is -0.138 e. The van der Waals surface area contributed by atoms with Crippen LogP contribution in [0.15, 0.2) is 6.07 Å². The summed E-state index contributed by atoms with van der Waals surface area (Å²) in [7, 11) is 1.82. The molecule has 0 amide bonds. The van der Waals surface area contributed by atoms with E-state index in [1.807, 2.05) is 7.85 Å². The van der Waals surface area contributed by atoms with Crippen LogP contribution in [0.2, 0.25) is 10.3 Å². The van der Waals surface area contributed by atoms with Gasteiger partial charge in [0.2, 0.25) is 0 Å². The summed E-state index contributed by atoms with van der Waals surface area (Å²) in [4.78, 5) is 0. The van der Waals surface area contributed by atoms with Crippen LogP contribution in [-0.4, -0.2) is 18.0 Å². The van der Waals surface area contributed by atoms with E-state index in [0.29, 0.717) is 10.3 Å². The van der Waals surface area contributed by atoms with Crippen molar-refractivity contribution in [2.75, 3.05) is 0 Å². The molecule has 0 N–H and O–H groups in total. The molecular weight excluding hydrogens is 158 g/mol. The number of rotatable bonds is 0. The van der Waals surface area contributed by atoms with Gasteiger partial charge in [-0.3, -0.25) is 0 Å². The van der Waals surface area contributed by atoms with Crippen molar-refractivity contribution in [3.8, 4) is 0 Å². The number of hydrogen-bond acceptors (Lipinski definition) is 2. The third-order valence-electron chi connectivity index (χ3n) is 0.894. The molecule has 9 heavy (non-hydrogen) atoms. The number of aromatic nitrogens is 2. The molecule has 0 aliphatic carbocycles. The first-order valence-electron chi connectivity index (χ1n) is 2.35. The summed E-state index contributed by atoms with van der Waals surface area (Å²) < 4.78 is 0. The molecule has 0 radical (unpaired) electrons.